The Hall–Kier alpha value is -4.79. The van der Waals surface area contributed by atoms with Gasteiger partial charge in [0.1, 0.15) is 17.3 Å². The Morgan fingerprint density at radius 1 is 1.02 bits per heavy atom. The number of hydrogen-bond acceptors (Lipinski definition) is 7. The highest BCUT2D eigenvalue weighted by atomic mass is 16.5. The molecule has 1 aromatic heterocycles. The number of carbonyl (C=O) groups excluding carboxylic acids is 2. The first-order valence-electron chi connectivity index (χ1n) is 13.4. The second kappa shape index (κ2) is 10.6. The molecule has 2 N–H and O–H groups in total. The second-order valence-corrected chi connectivity index (χ2v) is 10.7. The number of hydrogen-bond donors (Lipinski definition) is 2. The number of rotatable bonds is 7. The molecule has 1 aliphatic rings. The first kappa shape index (κ1) is 27.8. The summed E-state index contributed by atoms with van der Waals surface area (Å²) in [6, 6.07) is 15.6. The van der Waals surface area contributed by atoms with E-state index in [4.69, 9.17) is 9.47 Å². The first-order chi connectivity index (χ1) is 19.5. The molecule has 1 fully saturated rings. The van der Waals surface area contributed by atoms with Crippen LogP contribution < -0.4 is 19.3 Å². The van der Waals surface area contributed by atoms with Gasteiger partial charge in [-0.25, -0.2) is 4.98 Å². The van der Waals surface area contributed by atoms with Gasteiger partial charge in [0.2, 0.25) is 5.95 Å². The zero-order valence-electron chi connectivity index (χ0n) is 24.3. The Kier molecular flexibility index (Phi) is 7.21. The van der Waals surface area contributed by atoms with E-state index in [1.165, 1.54) is 4.90 Å². The van der Waals surface area contributed by atoms with Crippen molar-refractivity contribution in [3.63, 3.8) is 0 Å². The van der Waals surface area contributed by atoms with E-state index < -0.39 is 17.7 Å². The minimum atomic E-state index is -0.919. The summed E-state index contributed by atoms with van der Waals surface area (Å²) in [5, 5.41) is 11.8. The molecular formula is C32H34N4O5. The van der Waals surface area contributed by atoms with Gasteiger partial charge >= 0.3 is 5.91 Å². The maximum absolute atomic E-state index is 13.7. The van der Waals surface area contributed by atoms with Crippen molar-refractivity contribution in [1.29, 1.82) is 0 Å². The Morgan fingerprint density at radius 2 is 1.73 bits per heavy atom. The van der Waals surface area contributed by atoms with Gasteiger partial charge in [-0.15, -0.1) is 0 Å². The van der Waals surface area contributed by atoms with Crippen molar-refractivity contribution in [2.75, 3.05) is 38.1 Å². The number of carbonyl (C=O) groups is 2. The number of ketones is 1. The molecule has 0 spiro atoms. The number of Topliss-reactive ketones (excluding diaryl/α,β-unsaturated/α-hetero) is 1. The lowest BCUT2D eigenvalue weighted by Gasteiger charge is -2.24. The number of H-pyrrole nitrogens is 1. The smallest absolute Gasteiger partial charge is 0.302 e. The average molecular weight is 555 g/mol. The number of benzene rings is 3. The number of methoxy groups -OCH3 is 2. The molecule has 41 heavy (non-hydrogen) atoms. The van der Waals surface area contributed by atoms with Crippen LogP contribution in [0.2, 0.25) is 0 Å². The molecular weight excluding hydrogens is 520 g/mol. The van der Waals surface area contributed by atoms with Gasteiger partial charge in [0.25, 0.3) is 5.78 Å². The number of nitrogens with one attached hydrogen (secondary N) is 1. The molecule has 4 aromatic rings. The predicted octanol–water partition coefficient (Wildman–Crippen LogP) is 5.70. The molecule has 2 heterocycles. The Bertz CT molecular complexity index is 1680. The van der Waals surface area contributed by atoms with Crippen LogP contribution >= 0.6 is 0 Å². The SMILES string of the molecule is COc1ccc2nc(N3C(=O)C(=O)/C(=C(/O)c4cc(C(C)C)c(OC)cc4C)C3c3ccc(N(C)C)cc3)[nH]c2c1. The van der Waals surface area contributed by atoms with Crippen LogP contribution in [0.1, 0.15) is 48.1 Å². The number of imidazole rings is 1. The number of aliphatic hydroxyl groups excluding tert-OH is 1. The maximum Gasteiger partial charge on any atom is 0.302 e. The van der Waals surface area contributed by atoms with Gasteiger partial charge in [0.15, 0.2) is 0 Å². The van der Waals surface area contributed by atoms with Crippen LogP contribution in [-0.4, -0.2) is 55.1 Å². The van der Waals surface area contributed by atoms with E-state index >= 15 is 0 Å². The summed E-state index contributed by atoms with van der Waals surface area (Å²) in [6.07, 6.45) is 0. The largest absolute Gasteiger partial charge is 0.507 e. The number of ether oxygens (including phenoxy) is 2. The molecule has 0 aliphatic carbocycles. The van der Waals surface area contributed by atoms with Crippen molar-refractivity contribution < 1.29 is 24.2 Å². The highest BCUT2D eigenvalue weighted by Crippen LogP contribution is 2.43. The van der Waals surface area contributed by atoms with Gasteiger partial charge in [-0.3, -0.25) is 14.5 Å². The molecule has 9 heteroatoms. The molecule has 0 radical (unpaired) electrons. The molecule has 5 rings (SSSR count). The molecule has 1 saturated heterocycles. The molecule has 0 bridgehead atoms. The summed E-state index contributed by atoms with van der Waals surface area (Å²) in [7, 11) is 7.04. The van der Waals surface area contributed by atoms with Crippen LogP contribution in [0.3, 0.4) is 0 Å². The van der Waals surface area contributed by atoms with E-state index in [-0.39, 0.29) is 23.2 Å². The van der Waals surface area contributed by atoms with Crippen molar-refractivity contribution in [3.05, 3.63) is 82.4 Å². The van der Waals surface area contributed by atoms with Crippen LogP contribution in [0.5, 0.6) is 11.5 Å². The third kappa shape index (κ3) is 4.77. The standard InChI is InChI=1S/C32H34N4O5/c1-17(2)22-16-23(18(3)14-26(22)41-7)29(37)27-28(19-8-10-20(11-9-19)35(4)5)36(31(39)30(27)38)32-33-24-13-12-21(40-6)15-25(24)34-32/h8-17,28,37H,1-7H3,(H,33,34)/b29-27+. The number of aromatic amines is 1. The fourth-order valence-electron chi connectivity index (χ4n) is 5.26. The second-order valence-electron chi connectivity index (χ2n) is 10.7. The van der Waals surface area contributed by atoms with Crippen LogP contribution in [0, 0.1) is 6.92 Å². The monoisotopic (exact) mass is 554 g/mol. The maximum atomic E-state index is 13.7. The summed E-state index contributed by atoms with van der Waals surface area (Å²) in [4.78, 5) is 38.5. The van der Waals surface area contributed by atoms with Crippen molar-refractivity contribution in [2.45, 2.75) is 32.7 Å². The highest BCUT2D eigenvalue weighted by Gasteiger charge is 2.48. The van der Waals surface area contributed by atoms with E-state index in [1.54, 1.807) is 32.4 Å². The van der Waals surface area contributed by atoms with Crippen molar-refractivity contribution >= 4 is 40.1 Å². The van der Waals surface area contributed by atoms with Crippen molar-refractivity contribution in [2.24, 2.45) is 0 Å². The summed E-state index contributed by atoms with van der Waals surface area (Å²) >= 11 is 0. The Labute approximate surface area is 239 Å². The van der Waals surface area contributed by atoms with Crippen LogP contribution in [0.15, 0.2) is 60.2 Å². The summed E-state index contributed by atoms with van der Waals surface area (Å²) < 4.78 is 10.9. The van der Waals surface area contributed by atoms with E-state index in [0.29, 0.717) is 39.2 Å². The van der Waals surface area contributed by atoms with Gasteiger partial charge in [0.05, 0.1) is 36.9 Å². The normalized spacial score (nSPS) is 16.6. The quantitative estimate of drug-likeness (QED) is 0.171. The van der Waals surface area contributed by atoms with Crippen molar-refractivity contribution in [3.8, 4) is 11.5 Å². The molecule has 1 atom stereocenters. The fourth-order valence-corrected chi connectivity index (χ4v) is 5.26. The molecule has 212 valence electrons. The van der Waals surface area contributed by atoms with E-state index in [2.05, 4.69) is 9.97 Å². The Balaban J connectivity index is 1.74. The molecule has 0 saturated carbocycles. The number of fused-ring (bicyclic) bond motifs is 1. The van der Waals surface area contributed by atoms with Gasteiger partial charge in [-0.05, 0) is 65.9 Å². The molecule has 1 unspecified atom stereocenters. The number of aromatic nitrogens is 2. The third-order valence-corrected chi connectivity index (χ3v) is 7.53. The average Bonchev–Trinajstić information content (AvgIpc) is 3.49. The van der Waals surface area contributed by atoms with E-state index in [9.17, 15) is 14.7 Å². The number of anilines is 2. The number of nitrogens with zero attached hydrogens (tertiary/aromatic N) is 3. The summed E-state index contributed by atoms with van der Waals surface area (Å²) in [6.45, 7) is 5.89. The third-order valence-electron chi connectivity index (χ3n) is 7.53. The Morgan fingerprint density at radius 3 is 2.34 bits per heavy atom. The lowest BCUT2D eigenvalue weighted by atomic mass is 9.91. The zero-order valence-corrected chi connectivity index (χ0v) is 24.3. The summed E-state index contributed by atoms with van der Waals surface area (Å²) in [5.74, 6) is -0.193. The van der Waals surface area contributed by atoms with Gasteiger partial charge in [0, 0.05) is 31.4 Å². The molecule has 3 aromatic carbocycles. The van der Waals surface area contributed by atoms with Gasteiger partial charge < -0.3 is 24.5 Å². The van der Waals surface area contributed by atoms with Crippen LogP contribution in [-0.2, 0) is 9.59 Å². The number of aliphatic hydroxyl groups is 1. The van der Waals surface area contributed by atoms with E-state index in [0.717, 1.165) is 11.3 Å². The highest BCUT2D eigenvalue weighted by molar-refractivity contribution is 6.51. The molecule has 1 amide bonds. The topological polar surface area (TPSA) is 108 Å². The van der Waals surface area contributed by atoms with E-state index in [1.807, 2.05) is 76.2 Å². The summed E-state index contributed by atoms with van der Waals surface area (Å²) in [5.41, 5.74) is 4.93. The van der Waals surface area contributed by atoms with Gasteiger partial charge in [-0.2, -0.15) is 0 Å². The molecule has 9 nitrogen and oxygen atoms in total. The van der Waals surface area contributed by atoms with Crippen molar-refractivity contribution in [1.82, 2.24) is 9.97 Å². The van der Waals surface area contributed by atoms with Crippen LogP contribution in [0.25, 0.3) is 16.8 Å². The lowest BCUT2D eigenvalue weighted by molar-refractivity contribution is -0.132. The molecule has 1 aliphatic heterocycles. The fraction of sp³-hybridized carbons (Fsp3) is 0.281. The first-order valence-corrected chi connectivity index (χ1v) is 13.4. The minimum absolute atomic E-state index is 0.00591. The number of aryl methyl sites for hydroxylation is 1. The zero-order chi connectivity index (χ0) is 29.6. The predicted molar refractivity (Wildman–Crippen MR) is 160 cm³/mol. The van der Waals surface area contributed by atoms with Gasteiger partial charge in [-0.1, -0.05) is 26.0 Å². The van der Waals surface area contributed by atoms with Crippen LogP contribution in [0.4, 0.5) is 11.6 Å². The number of amides is 1. The minimum Gasteiger partial charge on any atom is -0.507 e. The lowest BCUT2D eigenvalue weighted by Crippen LogP contribution is -2.30.